The molecule has 0 aromatic rings. The van der Waals surface area contributed by atoms with Crippen molar-refractivity contribution in [3.05, 3.63) is 35.5 Å². The molecule has 120 valence electrons. The van der Waals surface area contributed by atoms with Crippen molar-refractivity contribution in [2.24, 2.45) is 11.8 Å². The number of hydrogen-bond acceptors (Lipinski definition) is 1. The molecule has 0 saturated heterocycles. The van der Waals surface area contributed by atoms with Crippen LogP contribution in [-0.4, -0.2) is 10.7 Å². The summed E-state index contributed by atoms with van der Waals surface area (Å²) in [6, 6.07) is 0. The van der Waals surface area contributed by atoms with Gasteiger partial charge in [0.2, 0.25) is 0 Å². The van der Waals surface area contributed by atoms with Crippen LogP contribution in [0, 0.1) is 11.8 Å². The van der Waals surface area contributed by atoms with Gasteiger partial charge in [0.15, 0.2) is 0 Å². The molecule has 0 aliphatic heterocycles. The molecular weight excluding hydrogens is 256 g/mol. The summed E-state index contributed by atoms with van der Waals surface area (Å²) >= 11 is 0. The van der Waals surface area contributed by atoms with Crippen molar-refractivity contribution in [2.75, 3.05) is 0 Å². The lowest BCUT2D eigenvalue weighted by molar-refractivity contribution is 0.0337. The highest BCUT2D eigenvalue weighted by molar-refractivity contribution is 5.18. The van der Waals surface area contributed by atoms with Crippen LogP contribution in [0.5, 0.6) is 0 Å². The van der Waals surface area contributed by atoms with Crippen molar-refractivity contribution in [1.82, 2.24) is 0 Å². The first-order chi connectivity index (χ1) is 9.80. The van der Waals surface area contributed by atoms with E-state index in [1.165, 1.54) is 11.1 Å². The van der Waals surface area contributed by atoms with Crippen LogP contribution in [0.15, 0.2) is 35.5 Å². The standard InChI is InChI=1S/C20H34O/c1-16(2)19-12-11-18(4)9-6-8-17(3)10-7-14-20(5,21)15-13-19/h8-9,11-12,16,19,21H,6-7,10,13-15H2,1-5H3/b12-11+,17-8-,18-9-/t19-,20?/m0/s1. The monoisotopic (exact) mass is 290 g/mol. The summed E-state index contributed by atoms with van der Waals surface area (Å²) in [7, 11) is 0. The predicted molar refractivity (Wildman–Crippen MR) is 93.3 cm³/mol. The fourth-order valence-corrected chi connectivity index (χ4v) is 2.89. The summed E-state index contributed by atoms with van der Waals surface area (Å²) in [5.41, 5.74) is 2.26. The third-order valence-electron chi connectivity index (χ3n) is 4.67. The average molecular weight is 290 g/mol. The maximum Gasteiger partial charge on any atom is 0.0620 e. The minimum atomic E-state index is -0.518. The van der Waals surface area contributed by atoms with Crippen LogP contribution in [-0.2, 0) is 0 Å². The van der Waals surface area contributed by atoms with Gasteiger partial charge in [-0.25, -0.2) is 0 Å². The molecule has 0 spiro atoms. The maximum absolute atomic E-state index is 10.6. The van der Waals surface area contributed by atoms with Gasteiger partial charge in [0.05, 0.1) is 5.60 Å². The smallest absolute Gasteiger partial charge is 0.0620 e. The van der Waals surface area contributed by atoms with E-state index in [-0.39, 0.29) is 0 Å². The molecule has 1 nitrogen and oxygen atoms in total. The van der Waals surface area contributed by atoms with E-state index >= 15 is 0 Å². The van der Waals surface area contributed by atoms with E-state index < -0.39 is 5.60 Å². The molecule has 2 atom stereocenters. The second kappa shape index (κ2) is 8.58. The molecule has 1 heteroatoms. The van der Waals surface area contributed by atoms with E-state index in [2.05, 4.69) is 52.0 Å². The number of aliphatic hydroxyl groups is 1. The Balaban J connectivity index is 2.87. The van der Waals surface area contributed by atoms with Crippen LogP contribution >= 0.6 is 0 Å². The fraction of sp³-hybridized carbons (Fsp3) is 0.700. The molecule has 1 aliphatic carbocycles. The normalized spacial score (nSPS) is 36.2. The Morgan fingerprint density at radius 3 is 2.57 bits per heavy atom. The van der Waals surface area contributed by atoms with Crippen LogP contribution in [0.2, 0.25) is 0 Å². The van der Waals surface area contributed by atoms with Crippen LogP contribution < -0.4 is 0 Å². The lowest BCUT2D eigenvalue weighted by atomic mass is 9.84. The largest absolute Gasteiger partial charge is 0.390 e. The zero-order valence-corrected chi connectivity index (χ0v) is 14.7. The topological polar surface area (TPSA) is 20.2 Å². The minimum absolute atomic E-state index is 0.518. The van der Waals surface area contributed by atoms with Gasteiger partial charge < -0.3 is 5.11 Å². The first kappa shape index (κ1) is 18.2. The van der Waals surface area contributed by atoms with Gasteiger partial charge >= 0.3 is 0 Å². The van der Waals surface area contributed by atoms with Crippen molar-refractivity contribution in [3.8, 4) is 0 Å². The van der Waals surface area contributed by atoms with Crippen LogP contribution in [0.1, 0.15) is 73.1 Å². The lowest BCUT2D eigenvalue weighted by Gasteiger charge is -2.27. The molecule has 0 bridgehead atoms. The molecule has 0 radical (unpaired) electrons. The molecule has 0 aromatic heterocycles. The zero-order valence-electron chi connectivity index (χ0n) is 14.7. The second-order valence-electron chi connectivity index (χ2n) is 7.39. The van der Waals surface area contributed by atoms with Crippen molar-refractivity contribution in [1.29, 1.82) is 0 Å². The van der Waals surface area contributed by atoms with Gasteiger partial charge in [-0.1, -0.05) is 49.3 Å². The SMILES string of the molecule is CC1=C/C/C=C(/C)CCCC(C)(O)CC[C@@H](C(C)C)\C=C\1. The summed E-state index contributed by atoms with van der Waals surface area (Å²) in [6.45, 7) is 10.9. The van der Waals surface area contributed by atoms with E-state index in [1.54, 1.807) is 0 Å². The Bertz CT molecular complexity index is 396. The van der Waals surface area contributed by atoms with Gasteiger partial charge in [0, 0.05) is 0 Å². The van der Waals surface area contributed by atoms with Gasteiger partial charge in [0.25, 0.3) is 0 Å². The fourth-order valence-electron chi connectivity index (χ4n) is 2.89. The van der Waals surface area contributed by atoms with Crippen LogP contribution in [0.4, 0.5) is 0 Å². The number of allylic oxidation sites excluding steroid dienone is 6. The lowest BCUT2D eigenvalue weighted by Crippen LogP contribution is -2.25. The highest BCUT2D eigenvalue weighted by Gasteiger charge is 2.22. The molecule has 1 unspecified atom stereocenters. The van der Waals surface area contributed by atoms with Gasteiger partial charge in [-0.3, -0.25) is 0 Å². The third-order valence-corrected chi connectivity index (χ3v) is 4.67. The Morgan fingerprint density at radius 2 is 1.90 bits per heavy atom. The highest BCUT2D eigenvalue weighted by Crippen LogP contribution is 2.27. The van der Waals surface area contributed by atoms with E-state index in [9.17, 15) is 5.11 Å². The molecule has 1 rings (SSSR count). The molecule has 0 fully saturated rings. The predicted octanol–water partition coefficient (Wildman–Crippen LogP) is 5.81. The van der Waals surface area contributed by atoms with E-state index in [4.69, 9.17) is 0 Å². The summed E-state index contributed by atoms with van der Waals surface area (Å²) in [5.74, 6) is 1.18. The van der Waals surface area contributed by atoms with Crippen molar-refractivity contribution in [2.45, 2.75) is 78.7 Å². The molecule has 0 amide bonds. The summed E-state index contributed by atoms with van der Waals surface area (Å²) in [5, 5.41) is 10.6. The van der Waals surface area contributed by atoms with E-state index in [0.717, 1.165) is 38.5 Å². The molecule has 0 saturated carbocycles. The van der Waals surface area contributed by atoms with E-state index in [1.807, 2.05) is 6.92 Å². The first-order valence-corrected chi connectivity index (χ1v) is 8.53. The quantitative estimate of drug-likeness (QED) is 0.604. The van der Waals surface area contributed by atoms with Crippen molar-refractivity contribution < 1.29 is 5.11 Å². The molecule has 1 N–H and O–H groups in total. The first-order valence-electron chi connectivity index (χ1n) is 8.53. The highest BCUT2D eigenvalue weighted by atomic mass is 16.3. The van der Waals surface area contributed by atoms with Gasteiger partial charge in [-0.2, -0.15) is 0 Å². The van der Waals surface area contributed by atoms with Crippen molar-refractivity contribution in [3.63, 3.8) is 0 Å². The molecule has 1 aliphatic rings. The Hall–Kier alpha value is -0.820. The minimum Gasteiger partial charge on any atom is -0.390 e. The number of rotatable bonds is 1. The van der Waals surface area contributed by atoms with Gasteiger partial charge in [-0.05, 0) is 71.1 Å². The molecular formula is C20H34O. The average Bonchev–Trinajstić information content (AvgIpc) is 2.37. The zero-order chi connectivity index (χ0) is 15.9. The van der Waals surface area contributed by atoms with Crippen LogP contribution in [0.3, 0.4) is 0 Å². The third kappa shape index (κ3) is 7.66. The van der Waals surface area contributed by atoms with Gasteiger partial charge in [0.1, 0.15) is 0 Å². The molecule has 0 aromatic carbocycles. The van der Waals surface area contributed by atoms with Crippen LogP contribution in [0.25, 0.3) is 0 Å². The number of hydrogen-bond donors (Lipinski definition) is 1. The summed E-state index contributed by atoms with van der Waals surface area (Å²) < 4.78 is 0. The van der Waals surface area contributed by atoms with Gasteiger partial charge in [-0.15, -0.1) is 0 Å². The van der Waals surface area contributed by atoms with Crippen molar-refractivity contribution >= 4 is 0 Å². The summed E-state index contributed by atoms with van der Waals surface area (Å²) in [6.07, 6.45) is 15.3. The molecule has 0 heterocycles. The van der Waals surface area contributed by atoms with E-state index in [0.29, 0.717) is 11.8 Å². The molecule has 21 heavy (non-hydrogen) atoms. The summed E-state index contributed by atoms with van der Waals surface area (Å²) in [4.78, 5) is 0. The Labute approximate surface area is 131 Å². The Kier molecular flexibility index (Phi) is 7.45. The second-order valence-corrected chi connectivity index (χ2v) is 7.39. The maximum atomic E-state index is 10.6. The Morgan fingerprint density at radius 1 is 1.19 bits per heavy atom.